The fourth-order valence-corrected chi connectivity index (χ4v) is 2.14. The number of aromatic nitrogens is 4. The monoisotopic (exact) mass is 308 g/mol. The molecule has 0 aromatic carbocycles. The first-order valence-electron chi connectivity index (χ1n) is 7.55. The Morgan fingerprint density at radius 3 is 2.52 bits per heavy atom. The molecule has 0 fully saturated rings. The Morgan fingerprint density at radius 2 is 1.78 bits per heavy atom. The minimum absolute atomic E-state index is 0.0128. The molecule has 0 bridgehead atoms. The number of hydrogen-bond donors (Lipinski definition) is 2. The van der Waals surface area contributed by atoms with Crippen LogP contribution in [-0.4, -0.2) is 33.0 Å². The molecule has 0 radical (unpaired) electrons. The van der Waals surface area contributed by atoms with E-state index in [9.17, 15) is 0 Å². The van der Waals surface area contributed by atoms with Crippen LogP contribution in [0.4, 0.5) is 5.82 Å². The third-order valence-corrected chi connectivity index (χ3v) is 3.72. The van der Waals surface area contributed by atoms with Crippen LogP contribution in [0.1, 0.15) is 13.8 Å². The number of fused-ring (bicyclic) bond motifs is 1. The third kappa shape index (κ3) is 3.43. The molecule has 3 heterocycles. The lowest BCUT2D eigenvalue weighted by Crippen LogP contribution is -2.31. The van der Waals surface area contributed by atoms with Crippen molar-refractivity contribution in [3.63, 3.8) is 0 Å². The van der Waals surface area contributed by atoms with Crippen LogP contribution in [0, 0.1) is 5.41 Å². The van der Waals surface area contributed by atoms with Crippen molar-refractivity contribution < 1.29 is 0 Å². The molecule has 6 heteroatoms. The van der Waals surface area contributed by atoms with E-state index in [0.717, 1.165) is 28.8 Å². The van der Waals surface area contributed by atoms with Gasteiger partial charge in [0.15, 0.2) is 5.82 Å². The number of nitrogens with zero attached hydrogens (tertiary/aromatic N) is 4. The van der Waals surface area contributed by atoms with Crippen molar-refractivity contribution >= 4 is 16.7 Å². The molecule has 3 aromatic heterocycles. The first kappa shape index (κ1) is 15.3. The van der Waals surface area contributed by atoms with Crippen molar-refractivity contribution in [1.29, 1.82) is 0 Å². The minimum Gasteiger partial charge on any atom is -0.369 e. The molecule has 0 aliphatic carbocycles. The van der Waals surface area contributed by atoms with E-state index in [-0.39, 0.29) is 5.41 Å². The fraction of sp³-hybridized carbons (Fsp3) is 0.294. The van der Waals surface area contributed by atoms with E-state index in [2.05, 4.69) is 39.1 Å². The van der Waals surface area contributed by atoms with Crippen LogP contribution in [0.3, 0.4) is 0 Å². The van der Waals surface area contributed by atoms with Gasteiger partial charge in [-0.3, -0.25) is 9.97 Å². The SMILES string of the molecule is CC(C)(CN)CNc1nc(-c2ccncc2)nc2cnccc12. The molecule has 0 amide bonds. The molecule has 0 aliphatic rings. The molecule has 0 saturated carbocycles. The van der Waals surface area contributed by atoms with Crippen molar-refractivity contribution in [2.45, 2.75) is 13.8 Å². The van der Waals surface area contributed by atoms with Crippen molar-refractivity contribution in [3.8, 4) is 11.4 Å². The van der Waals surface area contributed by atoms with Gasteiger partial charge < -0.3 is 11.1 Å². The highest BCUT2D eigenvalue weighted by atomic mass is 15.0. The van der Waals surface area contributed by atoms with Crippen LogP contribution in [0.2, 0.25) is 0 Å². The van der Waals surface area contributed by atoms with Crippen LogP contribution in [-0.2, 0) is 0 Å². The lowest BCUT2D eigenvalue weighted by Gasteiger charge is -2.23. The van der Waals surface area contributed by atoms with Gasteiger partial charge in [-0.1, -0.05) is 13.8 Å². The molecule has 3 rings (SSSR count). The summed E-state index contributed by atoms with van der Waals surface area (Å²) in [5.74, 6) is 1.45. The molecule has 0 saturated heterocycles. The summed E-state index contributed by atoms with van der Waals surface area (Å²) in [6.45, 7) is 5.57. The average molecular weight is 308 g/mol. The second-order valence-corrected chi connectivity index (χ2v) is 6.25. The fourth-order valence-electron chi connectivity index (χ4n) is 2.14. The van der Waals surface area contributed by atoms with Gasteiger partial charge in [0.05, 0.1) is 11.7 Å². The summed E-state index contributed by atoms with van der Waals surface area (Å²) in [7, 11) is 0. The number of rotatable bonds is 5. The molecule has 0 aliphatic heterocycles. The van der Waals surface area contributed by atoms with Gasteiger partial charge in [0.1, 0.15) is 5.82 Å². The van der Waals surface area contributed by atoms with Crippen LogP contribution in [0.25, 0.3) is 22.3 Å². The second-order valence-electron chi connectivity index (χ2n) is 6.25. The lowest BCUT2D eigenvalue weighted by molar-refractivity contribution is 0.405. The molecule has 3 N–H and O–H groups in total. The highest BCUT2D eigenvalue weighted by Crippen LogP contribution is 2.25. The average Bonchev–Trinajstić information content (AvgIpc) is 2.60. The van der Waals surface area contributed by atoms with Gasteiger partial charge in [-0.15, -0.1) is 0 Å². The van der Waals surface area contributed by atoms with E-state index in [0.29, 0.717) is 12.4 Å². The van der Waals surface area contributed by atoms with E-state index in [1.165, 1.54) is 0 Å². The zero-order valence-corrected chi connectivity index (χ0v) is 13.3. The Kier molecular flexibility index (Phi) is 4.16. The third-order valence-electron chi connectivity index (χ3n) is 3.72. The maximum atomic E-state index is 5.81. The molecule has 3 aromatic rings. The maximum Gasteiger partial charge on any atom is 0.162 e. The summed E-state index contributed by atoms with van der Waals surface area (Å²) in [6.07, 6.45) is 6.96. The van der Waals surface area contributed by atoms with Gasteiger partial charge in [-0.25, -0.2) is 9.97 Å². The quantitative estimate of drug-likeness (QED) is 0.752. The van der Waals surface area contributed by atoms with Crippen LogP contribution in [0.15, 0.2) is 43.0 Å². The number of nitrogens with one attached hydrogen (secondary N) is 1. The zero-order valence-electron chi connectivity index (χ0n) is 13.3. The summed E-state index contributed by atoms with van der Waals surface area (Å²) < 4.78 is 0. The van der Waals surface area contributed by atoms with Crippen LogP contribution in [0.5, 0.6) is 0 Å². The number of hydrogen-bond acceptors (Lipinski definition) is 6. The van der Waals surface area contributed by atoms with Gasteiger partial charge >= 0.3 is 0 Å². The standard InChI is InChI=1S/C17H20N6/c1-17(2,10-18)11-21-16-13-5-8-20-9-14(13)22-15(23-16)12-3-6-19-7-4-12/h3-9H,10-11,18H2,1-2H3,(H,21,22,23). The Morgan fingerprint density at radius 1 is 1.04 bits per heavy atom. The summed E-state index contributed by atoms with van der Waals surface area (Å²) in [6, 6.07) is 5.71. The smallest absolute Gasteiger partial charge is 0.162 e. The second kappa shape index (κ2) is 6.26. The first-order valence-corrected chi connectivity index (χ1v) is 7.55. The van der Waals surface area contributed by atoms with Crippen molar-refractivity contribution in [2.75, 3.05) is 18.4 Å². The molecule has 23 heavy (non-hydrogen) atoms. The highest BCUT2D eigenvalue weighted by Gasteiger charge is 2.17. The minimum atomic E-state index is -0.0128. The van der Waals surface area contributed by atoms with Crippen LogP contribution >= 0.6 is 0 Å². The topological polar surface area (TPSA) is 89.6 Å². The van der Waals surface area contributed by atoms with E-state index >= 15 is 0 Å². The normalized spacial score (nSPS) is 11.6. The van der Waals surface area contributed by atoms with Crippen molar-refractivity contribution in [2.24, 2.45) is 11.1 Å². The predicted octanol–water partition coefficient (Wildman–Crippen LogP) is 2.48. The van der Waals surface area contributed by atoms with Crippen molar-refractivity contribution in [3.05, 3.63) is 43.0 Å². The summed E-state index contributed by atoms with van der Waals surface area (Å²) in [5, 5.41) is 4.36. The number of anilines is 1. The summed E-state index contributed by atoms with van der Waals surface area (Å²) in [5.41, 5.74) is 7.53. The van der Waals surface area contributed by atoms with Gasteiger partial charge in [-0.2, -0.15) is 0 Å². The van der Waals surface area contributed by atoms with Gasteiger partial charge in [0, 0.05) is 36.1 Å². The zero-order chi connectivity index (χ0) is 16.3. The molecular weight excluding hydrogens is 288 g/mol. The van der Waals surface area contributed by atoms with E-state index < -0.39 is 0 Å². The maximum absolute atomic E-state index is 5.81. The predicted molar refractivity (Wildman–Crippen MR) is 91.9 cm³/mol. The summed E-state index contributed by atoms with van der Waals surface area (Å²) in [4.78, 5) is 17.5. The number of nitrogens with two attached hydrogens (primary N) is 1. The van der Waals surface area contributed by atoms with E-state index in [1.54, 1.807) is 24.8 Å². The Labute approximate surface area is 135 Å². The largest absolute Gasteiger partial charge is 0.369 e. The number of pyridine rings is 2. The van der Waals surface area contributed by atoms with E-state index in [1.807, 2.05) is 18.2 Å². The molecule has 0 atom stereocenters. The molecule has 6 nitrogen and oxygen atoms in total. The molecule has 118 valence electrons. The summed E-state index contributed by atoms with van der Waals surface area (Å²) >= 11 is 0. The Bertz CT molecular complexity index is 801. The van der Waals surface area contributed by atoms with Gasteiger partial charge in [-0.05, 0) is 30.2 Å². The molecule has 0 spiro atoms. The van der Waals surface area contributed by atoms with Crippen molar-refractivity contribution in [1.82, 2.24) is 19.9 Å². The highest BCUT2D eigenvalue weighted by molar-refractivity contribution is 5.89. The Hall–Kier alpha value is -2.60. The lowest BCUT2D eigenvalue weighted by atomic mass is 9.94. The Balaban J connectivity index is 2.04. The molecular formula is C17H20N6. The molecule has 0 unspecified atom stereocenters. The first-order chi connectivity index (χ1) is 11.1. The van der Waals surface area contributed by atoms with E-state index in [4.69, 9.17) is 5.73 Å². The van der Waals surface area contributed by atoms with Gasteiger partial charge in [0.25, 0.3) is 0 Å². The van der Waals surface area contributed by atoms with Gasteiger partial charge in [0.2, 0.25) is 0 Å². The van der Waals surface area contributed by atoms with Crippen LogP contribution < -0.4 is 11.1 Å².